The van der Waals surface area contributed by atoms with E-state index in [1.807, 2.05) is 12.1 Å². The minimum Gasteiger partial charge on any atom is -1.00 e. The molecule has 0 heterocycles. The van der Waals surface area contributed by atoms with Gasteiger partial charge >= 0.3 is 41.9 Å². The summed E-state index contributed by atoms with van der Waals surface area (Å²) in [5, 5.41) is 0. The van der Waals surface area contributed by atoms with Crippen molar-refractivity contribution in [2.75, 3.05) is 0 Å². The fourth-order valence-corrected chi connectivity index (χ4v) is 2.44. The van der Waals surface area contributed by atoms with Gasteiger partial charge in [-0.2, -0.15) is 35.5 Å². The van der Waals surface area contributed by atoms with Crippen LogP contribution in [0.2, 0.25) is 13.1 Å². The van der Waals surface area contributed by atoms with Crippen molar-refractivity contribution in [3.8, 4) is 0 Å². The van der Waals surface area contributed by atoms with Crippen LogP contribution in [-0.4, -0.2) is 5.43 Å². The SMILES string of the molecule is C[Si](C)=[Zr+2].[C-]1=C(c2ccccc2)C=CC1.[C-]1=C(c2ccccc2)C=CC1.[Cl-].[Cl-]. The number of hydrogen-bond acceptors (Lipinski definition) is 0. The zero-order valence-electron chi connectivity index (χ0n) is 16.3. The summed E-state index contributed by atoms with van der Waals surface area (Å²) in [5.41, 5.74) is 5.20. The molecule has 0 bridgehead atoms. The zero-order valence-corrected chi connectivity index (χ0v) is 21.2. The molecule has 0 spiro atoms. The standard InChI is InChI=1S/2C11H9.C2H6Si.2ClH.Zr/c2*1-2-6-10(7-3-1)11-8-4-5-9-11;1-3-2;;;/h2*1-4,6-8H,5H2;1-2H3;2*1H;/q2*-1;;;;+2/p-2. The number of benzene rings is 2. The van der Waals surface area contributed by atoms with Crippen LogP contribution in [0.3, 0.4) is 0 Å². The van der Waals surface area contributed by atoms with Gasteiger partial charge in [-0.3, -0.25) is 0 Å². The van der Waals surface area contributed by atoms with Gasteiger partial charge in [-0.15, -0.1) is 47.5 Å². The molecule has 0 amide bonds. The number of rotatable bonds is 2. The van der Waals surface area contributed by atoms with Crippen molar-refractivity contribution in [3.05, 3.63) is 108 Å². The second-order valence-electron chi connectivity index (χ2n) is 6.13. The summed E-state index contributed by atoms with van der Waals surface area (Å²) in [6, 6.07) is 20.7. The third-order valence-electron chi connectivity index (χ3n) is 3.56. The smallest absolute Gasteiger partial charge is 0.0643 e. The largest absolute Gasteiger partial charge is 1.00 e. The third-order valence-corrected chi connectivity index (χ3v) is 3.56. The first-order valence-electron chi connectivity index (χ1n) is 8.84. The molecule has 2 aliphatic rings. The number of halogens is 2. The topological polar surface area (TPSA) is 0 Å². The molecule has 0 nitrogen and oxygen atoms in total. The first kappa shape index (κ1) is 27.1. The van der Waals surface area contributed by atoms with Crippen LogP contribution >= 0.6 is 0 Å². The molecule has 2 aromatic carbocycles. The van der Waals surface area contributed by atoms with E-state index in [-0.39, 0.29) is 30.2 Å². The maximum absolute atomic E-state index is 3.28. The molecule has 0 aliphatic heterocycles. The minimum absolute atomic E-state index is 0. The number of hydrogen-bond donors (Lipinski definition) is 0. The fourth-order valence-electron chi connectivity index (χ4n) is 2.44. The Kier molecular flexibility index (Phi) is 15.4. The van der Waals surface area contributed by atoms with E-state index in [2.05, 4.69) is 98.1 Å². The van der Waals surface area contributed by atoms with Gasteiger partial charge in [-0.1, -0.05) is 49.2 Å². The molecule has 2 aromatic rings. The molecular formula is C24H24Cl2SiZr-2. The Morgan fingerprint density at radius 1 is 0.679 bits per heavy atom. The quantitative estimate of drug-likeness (QED) is 0.414. The van der Waals surface area contributed by atoms with Crippen molar-refractivity contribution in [2.45, 2.75) is 25.9 Å². The molecule has 4 rings (SSSR count). The van der Waals surface area contributed by atoms with E-state index in [0.29, 0.717) is 0 Å². The summed E-state index contributed by atoms with van der Waals surface area (Å²) in [7, 11) is 0. The molecule has 0 aromatic heterocycles. The van der Waals surface area contributed by atoms with Gasteiger partial charge in [-0.05, 0) is 0 Å². The average Bonchev–Trinajstić information content (AvgIpc) is 3.37. The van der Waals surface area contributed by atoms with Crippen molar-refractivity contribution < 1.29 is 48.1 Å². The van der Waals surface area contributed by atoms with Crippen LogP contribution in [0, 0.1) is 12.2 Å². The molecule has 2 aliphatic carbocycles. The van der Waals surface area contributed by atoms with Gasteiger partial charge in [0.05, 0.1) is 0 Å². The summed E-state index contributed by atoms with van der Waals surface area (Å²) in [6.07, 6.45) is 17.0. The molecule has 0 saturated carbocycles. The second kappa shape index (κ2) is 15.9. The van der Waals surface area contributed by atoms with Gasteiger partial charge in [0.25, 0.3) is 0 Å². The molecular weight excluding hydrogens is 478 g/mol. The summed E-state index contributed by atoms with van der Waals surface area (Å²) < 4.78 is 0. The van der Waals surface area contributed by atoms with Crippen molar-refractivity contribution in [2.24, 2.45) is 0 Å². The molecule has 0 fully saturated rings. The van der Waals surface area contributed by atoms with Crippen LogP contribution in [0.15, 0.2) is 85.0 Å². The van der Waals surface area contributed by atoms with Crippen molar-refractivity contribution >= 4 is 16.6 Å². The minimum atomic E-state index is 0. The third kappa shape index (κ3) is 10.6. The van der Waals surface area contributed by atoms with E-state index in [9.17, 15) is 0 Å². The Morgan fingerprint density at radius 2 is 1.00 bits per heavy atom. The van der Waals surface area contributed by atoms with Gasteiger partial charge < -0.3 is 24.8 Å². The molecule has 144 valence electrons. The number of allylic oxidation sites excluding steroid dienone is 8. The average molecular weight is 503 g/mol. The Hall–Kier alpha value is -0.920. The van der Waals surface area contributed by atoms with Crippen LogP contribution in [0.4, 0.5) is 0 Å². The predicted octanol–water partition coefficient (Wildman–Crippen LogP) is 0.458. The molecule has 4 heteroatoms. The second-order valence-corrected chi connectivity index (χ2v) is 15.5. The molecule has 0 unspecified atom stereocenters. The zero-order chi connectivity index (χ0) is 18.6. The van der Waals surface area contributed by atoms with Crippen molar-refractivity contribution in [1.82, 2.24) is 0 Å². The normalized spacial score (nSPS) is 12.9. The summed E-state index contributed by atoms with van der Waals surface area (Å²) >= 11 is 1.74. The van der Waals surface area contributed by atoms with Crippen LogP contribution in [-0.2, 0) is 23.3 Å². The van der Waals surface area contributed by atoms with Crippen molar-refractivity contribution in [1.29, 1.82) is 0 Å². The Labute approximate surface area is 197 Å². The van der Waals surface area contributed by atoms with Gasteiger partial charge in [0.1, 0.15) is 0 Å². The molecule has 28 heavy (non-hydrogen) atoms. The summed E-state index contributed by atoms with van der Waals surface area (Å²) in [4.78, 5) is 0. The van der Waals surface area contributed by atoms with E-state index in [1.54, 1.807) is 23.3 Å². The molecule has 0 N–H and O–H groups in total. The van der Waals surface area contributed by atoms with Gasteiger partial charge in [0.2, 0.25) is 0 Å². The van der Waals surface area contributed by atoms with Crippen LogP contribution < -0.4 is 24.8 Å². The Morgan fingerprint density at radius 3 is 1.25 bits per heavy atom. The van der Waals surface area contributed by atoms with E-state index in [4.69, 9.17) is 0 Å². The van der Waals surface area contributed by atoms with Crippen LogP contribution in [0.1, 0.15) is 24.0 Å². The first-order chi connectivity index (χ1) is 12.7. The summed E-state index contributed by atoms with van der Waals surface area (Å²) in [5.74, 6) is 0. The van der Waals surface area contributed by atoms with Crippen molar-refractivity contribution in [3.63, 3.8) is 0 Å². The predicted molar refractivity (Wildman–Crippen MR) is 111 cm³/mol. The fraction of sp³-hybridized carbons (Fsp3) is 0.167. The van der Waals surface area contributed by atoms with Crippen LogP contribution in [0.5, 0.6) is 0 Å². The summed E-state index contributed by atoms with van der Waals surface area (Å²) in [6.45, 7) is 4.62. The molecule has 0 atom stereocenters. The van der Waals surface area contributed by atoms with Gasteiger partial charge in [0.15, 0.2) is 0 Å². The van der Waals surface area contributed by atoms with E-state index in [0.717, 1.165) is 12.8 Å². The van der Waals surface area contributed by atoms with E-state index < -0.39 is 0 Å². The van der Waals surface area contributed by atoms with E-state index in [1.165, 1.54) is 22.3 Å². The van der Waals surface area contributed by atoms with E-state index >= 15 is 0 Å². The molecule has 0 radical (unpaired) electrons. The van der Waals surface area contributed by atoms with Gasteiger partial charge in [-0.25, -0.2) is 0 Å². The molecule has 0 saturated heterocycles. The maximum atomic E-state index is 3.28. The Balaban J connectivity index is 0.000000415. The maximum Gasteiger partial charge on any atom is -0.0643 e. The van der Waals surface area contributed by atoms with Crippen LogP contribution in [0.25, 0.3) is 11.1 Å². The Bertz CT molecular complexity index is 753. The first-order valence-corrected chi connectivity index (χ1v) is 15.0. The van der Waals surface area contributed by atoms with Gasteiger partial charge in [0, 0.05) is 0 Å². The monoisotopic (exact) mass is 500 g/mol.